The van der Waals surface area contributed by atoms with Crippen molar-refractivity contribution in [2.75, 3.05) is 13.1 Å². The quantitative estimate of drug-likeness (QED) is 0.907. The zero-order valence-corrected chi connectivity index (χ0v) is 12.1. The van der Waals surface area contributed by atoms with Crippen LogP contribution in [-0.4, -0.2) is 34.6 Å². The number of hydrogen-bond donors (Lipinski definition) is 1. The van der Waals surface area contributed by atoms with Crippen molar-refractivity contribution in [3.05, 3.63) is 29.8 Å². The van der Waals surface area contributed by atoms with Gasteiger partial charge in [0.05, 0.1) is 6.20 Å². The fourth-order valence-corrected chi connectivity index (χ4v) is 3.01. The number of piperazine rings is 1. The lowest BCUT2D eigenvalue weighted by atomic mass is 9.87. The summed E-state index contributed by atoms with van der Waals surface area (Å²) < 4.78 is 13.3. The standard InChI is InChI=1S/C15H24FN3/c1-4-15(5-2)11-18-12(3)9-19(15)10-13-6-14(16)8-17-7-13/h6-8,12,18H,4-5,9-11H2,1-3H3. The molecule has 0 aliphatic carbocycles. The number of halogens is 1. The molecule has 0 saturated carbocycles. The predicted molar refractivity (Wildman–Crippen MR) is 75.4 cm³/mol. The van der Waals surface area contributed by atoms with E-state index in [2.05, 4.69) is 36.0 Å². The van der Waals surface area contributed by atoms with Crippen molar-refractivity contribution in [2.24, 2.45) is 0 Å². The molecule has 0 amide bonds. The van der Waals surface area contributed by atoms with Crippen LogP contribution in [0, 0.1) is 5.82 Å². The molecule has 2 rings (SSSR count). The Morgan fingerprint density at radius 2 is 2.16 bits per heavy atom. The first-order chi connectivity index (χ1) is 9.09. The van der Waals surface area contributed by atoms with Crippen LogP contribution in [0.15, 0.2) is 18.5 Å². The van der Waals surface area contributed by atoms with Crippen molar-refractivity contribution in [1.82, 2.24) is 15.2 Å². The van der Waals surface area contributed by atoms with E-state index in [-0.39, 0.29) is 11.4 Å². The zero-order valence-electron chi connectivity index (χ0n) is 12.1. The smallest absolute Gasteiger partial charge is 0.141 e. The lowest BCUT2D eigenvalue weighted by molar-refractivity contribution is 0.0277. The molecule has 0 bridgehead atoms. The van der Waals surface area contributed by atoms with E-state index in [4.69, 9.17) is 0 Å². The minimum Gasteiger partial charge on any atom is -0.311 e. The highest BCUT2D eigenvalue weighted by atomic mass is 19.1. The monoisotopic (exact) mass is 265 g/mol. The summed E-state index contributed by atoms with van der Waals surface area (Å²) >= 11 is 0. The number of nitrogens with one attached hydrogen (secondary N) is 1. The van der Waals surface area contributed by atoms with Crippen LogP contribution in [0.3, 0.4) is 0 Å². The SMILES string of the molecule is CCC1(CC)CNC(C)CN1Cc1cncc(F)c1. The van der Waals surface area contributed by atoms with Gasteiger partial charge in [-0.2, -0.15) is 0 Å². The van der Waals surface area contributed by atoms with Gasteiger partial charge in [0.15, 0.2) is 0 Å². The van der Waals surface area contributed by atoms with Crippen LogP contribution in [0.1, 0.15) is 39.2 Å². The summed E-state index contributed by atoms with van der Waals surface area (Å²) in [5, 5.41) is 3.57. The second-order valence-electron chi connectivity index (χ2n) is 5.61. The zero-order chi connectivity index (χ0) is 13.9. The topological polar surface area (TPSA) is 28.2 Å². The Morgan fingerprint density at radius 1 is 1.42 bits per heavy atom. The van der Waals surface area contributed by atoms with Gasteiger partial charge < -0.3 is 5.32 Å². The van der Waals surface area contributed by atoms with Crippen LogP contribution < -0.4 is 5.32 Å². The normalized spacial score (nSPS) is 23.5. The van der Waals surface area contributed by atoms with Crippen molar-refractivity contribution in [2.45, 2.75) is 51.7 Å². The Labute approximate surface area is 115 Å². The van der Waals surface area contributed by atoms with E-state index in [1.807, 2.05) is 0 Å². The van der Waals surface area contributed by atoms with E-state index < -0.39 is 0 Å². The van der Waals surface area contributed by atoms with Crippen LogP contribution in [0.2, 0.25) is 0 Å². The van der Waals surface area contributed by atoms with E-state index >= 15 is 0 Å². The van der Waals surface area contributed by atoms with Crippen molar-refractivity contribution < 1.29 is 4.39 Å². The van der Waals surface area contributed by atoms with E-state index in [1.165, 1.54) is 6.20 Å². The minimum atomic E-state index is -0.251. The fourth-order valence-electron chi connectivity index (χ4n) is 3.01. The molecule has 1 aromatic heterocycles. The molecule has 1 aliphatic rings. The van der Waals surface area contributed by atoms with Gasteiger partial charge in [0.2, 0.25) is 0 Å². The Morgan fingerprint density at radius 3 is 2.79 bits per heavy atom. The maximum Gasteiger partial charge on any atom is 0.141 e. The number of nitrogens with zero attached hydrogens (tertiary/aromatic N) is 2. The highest BCUT2D eigenvalue weighted by Crippen LogP contribution is 2.28. The van der Waals surface area contributed by atoms with Gasteiger partial charge in [0.25, 0.3) is 0 Å². The van der Waals surface area contributed by atoms with Gasteiger partial charge in [0, 0.05) is 37.4 Å². The Kier molecular flexibility index (Phi) is 4.53. The maximum atomic E-state index is 13.3. The molecule has 0 aromatic carbocycles. The molecule has 2 heterocycles. The maximum absolute atomic E-state index is 13.3. The second kappa shape index (κ2) is 5.97. The van der Waals surface area contributed by atoms with Gasteiger partial charge in [-0.25, -0.2) is 4.39 Å². The number of pyridine rings is 1. The average Bonchev–Trinajstić information content (AvgIpc) is 2.40. The Hall–Kier alpha value is -1.00. The van der Waals surface area contributed by atoms with Gasteiger partial charge >= 0.3 is 0 Å². The molecule has 0 spiro atoms. The molecule has 1 N–H and O–H groups in total. The van der Waals surface area contributed by atoms with Crippen LogP contribution in [0.25, 0.3) is 0 Å². The van der Waals surface area contributed by atoms with Gasteiger partial charge in [-0.3, -0.25) is 9.88 Å². The highest BCUT2D eigenvalue weighted by Gasteiger charge is 2.37. The molecular weight excluding hydrogens is 241 g/mol. The first kappa shape index (κ1) is 14.4. The minimum absolute atomic E-state index is 0.179. The van der Waals surface area contributed by atoms with Gasteiger partial charge in [-0.1, -0.05) is 13.8 Å². The van der Waals surface area contributed by atoms with Crippen LogP contribution >= 0.6 is 0 Å². The molecule has 3 nitrogen and oxygen atoms in total. The second-order valence-corrected chi connectivity index (χ2v) is 5.61. The molecule has 1 atom stereocenters. The van der Waals surface area contributed by atoms with Gasteiger partial charge in [-0.05, 0) is 31.4 Å². The highest BCUT2D eigenvalue weighted by molar-refractivity contribution is 5.12. The molecule has 1 unspecified atom stereocenters. The Balaban J connectivity index is 2.18. The summed E-state index contributed by atoms with van der Waals surface area (Å²) in [6.07, 6.45) is 5.24. The van der Waals surface area contributed by atoms with Crippen molar-refractivity contribution in [1.29, 1.82) is 0 Å². The van der Waals surface area contributed by atoms with Crippen LogP contribution in [0.5, 0.6) is 0 Å². The average molecular weight is 265 g/mol. The van der Waals surface area contributed by atoms with Gasteiger partial charge in [0.1, 0.15) is 5.82 Å². The lowest BCUT2D eigenvalue weighted by Gasteiger charge is -2.49. The summed E-state index contributed by atoms with van der Waals surface area (Å²) in [6.45, 7) is 9.45. The third kappa shape index (κ3) is 3.12. The van der Waals surface area contributed by atoms with E-state index in [9.17, 15) is 4.39 Å². The molecule has 106 valence electrons. The summed E-state index contributed by atoms with van der Waals surface area (Å²) in [4.78, 5) is 6.44. The lowest BCUT2D eigenvalue weighted by Crippen LogP contribution is -2.63. The van der Waals surface area contributed by atoms with E-state index in [0.717, 1.165) is 38.0 Å². The number of rotatable bonds is 4. The van der Waals surface area contributed by atoms with Crippen molar-refractivity contribution in [3.8, 4) is 0 Å². The summed E-state index contributed by atoms with van der Waals surface area (Å²) in [5.41, 5.74) is 1.14. The first-order valence-electron chi connectivity index (χ1n) is 7.17. The summed E-state index contributed by atoms with van der Waals surface area (Å²) in [6, 6.07) is 2.07. The first-order valence-corrected chi connectivity index (χ1v) is 7.17. The molecular formula is C15H24FN3. The number of hydrogen-bond acceptors (Lipinski definition) is 3. The van der Waals surface area contributed by atoms with Crippen LogP contribution in [0.4, 0.5) is 4.39 Å². The molecule has 19 heavy (non-hydrogen) atoms. The van der Waals surface area contributed by atoms with Crippen LogP contribution in [-0.2, 0) is 6.54 Å². The molecule has 4 heteroatoms. The number of aromatic nitrogens is 1. The van der Waals surface area contributed by atoms with Gasteiger partial charge in [-0.15, -0.1) is 0 Å². The van der Waals surface area contributed by atoms with E-state index in [0.29, 0.717) is 6.04 Å². The summed E-state index contributed by atoms with van der Waals surface area (Å²) in [5.74, 6) is -0.251. The molecule has 1 saturated heterocycles. The van der Waals surface area contributed by atoms with E-state index in [1.54, 1.807) is 12.3 Å². The molecule has 1 aliphatic heterocycles. The van der Waals surface area contributed by atoms with Crippen molar-refractivity contribution in [3.63, 3.8) is 0 Å². The Bertz CT molecular complexity index is 418. The third-order valence-electron chi connectivity index (χ3n) is 4.40. The van der Waals surface area contributed by atoms with Crippen molar-refractivity contribution >= 4 is 0 Å². The summed E-state index contributed by atoms with van der Waals surface area (Å²) in [7, 11) is 0. The third-order valence-corrected chi connectivity index (χ3v) is 4.40. The molecule has 0 radical (unpaired) electrons. The predicted octanol–water partition coefficient (Wildman–Crippen LogP) is 2.57. The molecule has 1 aromatic rings. The largest absolute Gasteiger partial charge is 0.311 e. The fraction of sp³-hybridized carbons (Fsp3) is 0.667. The molecule has 1 fully saturated rings.